The van der Waals surface area contributed by atoms with Gasteiger partial charge in [-0.3, -0.25) is 4.18 Å². The zero-order chi connectivity index (χ0) is 15.5. The smallest absolute Gasteiger partial charge is 0.298 e. The Kier molecular flexibility index (Phi) is 4.58. The molecular formula is C15H16N2O3S. The van der Waals surface area contributed by atoms with Gasteiger partial charge in [-0.1, -0.05) is 30.3 Å². The van der Waals surface area contributed by atoms with Gasteiger partial charge in [-0.25, -0.2) is 0 Å². The van der Waals surface area contributed by atoms with Gasteiger partial charge in [0.05, 0.1) is 12.2 Å². The molecule has 0 spiro atoms. The first kappa shape index (κ1) is 15.4. The van der Waals surface area contributed by atoms with Crippen molar-refractivity contribution in [1.29, 1.82) is 5.26 Å². The Balaban J connectivity index is 2.51. The van der Waals surface area contributed by atoms with Crippen LogP contribution in [0.3, 0.4) is 0 Å². The Morgan fingerprint density at radius 2 is 1.90 bits per heavy atom. The van der Waals surface area contributed by atoms with Crippen LogP contribution in [0.5, 0.6) is 0 Å². The fourth-order valence-corrected chi connectivity index (χ4v) is 3.24. The van der Waals surface area contributed by atoms with Crippen LogP contribution < -0.4 is 0 Å². The Morgan fingerprint density at radius 3 is 2.57 bits per heavy atom. The molecule has 21 heavy (non-hydrogen) atoms. The molecule has 0 N–H and O–H groups in total. The summed E-state index contributed by atoms with van der Waals surface area (Å²) in [5.41, 5.74) is 0.0959. The van der Waals surface area contributed by atoms with Gasteiger partial charge in [0.1, 0.15) is 11.0 Å². The number of nitrogens with zero attached hydrogens (tertiary/aromatic N) is 2. The first-order valence-electron chi connectivity index (χ1n) is 6.42. The van der Waals surface area contributed by atoms with Gasteiger partial charge in [-0.05, 0) is 25.5 Å². The van der Waals surface area contributed by atoms with Crippen LogP contribution in [0.15, 0.2) is 41.3 Å². The fraction of sp³-hybridized carbons (Fsp3) is 0.267. The van der Waals surface area contributed by atoms with E-state index in [1.165, 1.54) is 6.07 Å². The summed E-state index contributed by atoms with van der Waals surface area (Å²) >= 11 is 0. The second-order valence-corrected chi connectivity index (χ2v) is 6.41. The molecule has 2 rings (SSSR count). The van der Waals surface area contributed by atoms with Gasteiger partial charge < -0.3 is 4.90 Å². The zero-order valence-electron chi connectivity index (χ0n) is 11.9. The molecule has 0 radical (unpaired) electrons. The van der Waals surface area contributed by atoms with Crippen LogP contribution in [0.2, 0.25) is 0 Å². The lowest BCUT2D eigenvalue weighted by atomic mass is 10.1. The van der Waals surface area contributed by atoms with E-state index in [0.29, 0.717) is 11.9 Å². The van der Waals surface area contributed by atoms with E-state index in [4.69, 9.17) is 4.18 Å². The fourth-order valence-electron chi connectivity index (χ4n) is 1.99. The van der Waals surface area contributed by atoms with Gasteiger partial charge in [0.25, 0.3) is 10.1 Å². The number of rotatable bonds is 5. The van der Waals surface area contributed by atoms with Gasteiger partial charge in [0.2, 0.25) is 0 Å². The molecule has 0 aliphatic rings. The summed E-state index contributed by atoms with van der Waals surface area (Å²) in [7, 11) is -0.319. The van der Waals surface area contributed by atoms with Crippen molar-refractivity contribution in [3.8, 4) is 6.07 Å². The molecule has 0 bridgehead atoms. The summed E-state index contributed by atoms with van der Waals surface area (Å²) in [6.07, 6.45) is 0. The first-order chi connectivity index (χ1) is 9.95. The molecule has 0 aliphatic carbocycles. The van der Waals surface area contributed by atoms with Gasteiger partial charge in [-0.15, -0.1) is 0 Å². The molecule has 0 amide bonds. The molecule has 2 aromatic carbocycles. The van der Waals surface area contributed by atoms with Crippen molar-refractivity contribution >= 4 is 20.9 Å². The van der Waals surface area contributed by atoms with Crippen molar-refractivity contribution in [3.05, 3.63) is 42.0 Å². The Bertz CT molecular complexity index is 792. The van der Waals surface area contributed by atoms with Gasteiger partial charge in [-0.2, -0.15) is 13.7 Å². The molecule has 0 heterocycles. The molecule has 0 saturated carbocycles. The minimum atomic E-state index is -3.97. The average Bonchev–Trinajstić information content (AvgIpc) is 2.45. The SMILES string of the molecule is CN(C)CCOS(=O)(=O)c1c(C#N)ccc2ccccc12. The van der Waals surface area contributed by atoms with Crippen LogP contribution in [0, 0.1) is 11.3 Å². The summed E-state index contributed by atoms with van der Waals surface area (Å²) in [5, 5.41) is 10.4. The monoisotopic (exact) mass is 304 g/mol. The Morgan fingerprint density at radius 1 is 1.19 bits per heavy atom. The Labute approximate surface area is 124 Å². The molecule has 0 aliphatic heterocycles. The second-order valence-electron chi connectivity index (χ2n) is 4.85. The quantitative estimate of drug-likeness (QED) is 0.790. The molecule has 0 aromatic heterocycles. The third-order valence-electron chi connectivity index (χ3n) is 3.03. The van der Waals surface area contributed by atoms with Gasteiger partial charge >= 0.3 is 0 Å². The van der Waals surface area contributed by atoms with E-state index in [1.807, 2.05) is 31.1 Å². The summed E-state index contributed by atoms with van der Waals surface area (Å²) in [5.74, 6) is 0. The molecular weight excluding hydrogens is 288 g/mol. The van der Waals surface area contributed by atoms with Crippen LogP contribution in [-0.2, 0) is 14.3 Å². The molecule has 0 saturated heterocycles. The maximum absolute atomic E-state index is 12.4. The molecule has 0 atom stereocenters. The zero-order valence-corrected chi connectivity index (χ0v) is 12.7. The van der Waals surface area contributed by atoms with Crippen molar-refractivity contribution in [2.75, 3.05) is 27.2 Å². The highest BCUT2D eigenvalue weighted by molar-refractivity contribution is 7.87. The van der Waals surface area contributed by atoms with E-state index >= 15 is 0 Å². The summed E-state index contributed by atoms with van der Waals surface area (Å²) in [6, 6.07) is 12.2. The van der Waals surface area contributed by atoms with Crippen molar-refractivity contribution in [2.24, 2.45) is 0 Å². The largest absolute Gasteiger partial charge is 0.307 e. The minimum absolute atomic E-state index is 0.0451. The maximum atomic E-state index is 12.4. The molecule has 110 valence electrons. The van der Waals surface area contributed by atoms with Crippen molar-refractivity contribution in [3.63, 3.8) is 0 Å². The molecule has 0 unspecified atom stereocenters. The Hall–Kier alpha value is -1.94. The van der Waals surface area contributed by atoms with Crippen LogP contribution in [0.25, 0.3) is 10.8 Å². The lowest BCUT2D eigenvalue weighted by Gasteiger charge is -2.12. The van der Waals surface area contributed by atoms with Crippen LogP contribution in [0.1, 0.15) is 5.56 Å². The molecule has 0 fully saturated rings. The number of fused-ring (bicyclic) bond motifs is 1. The third kappa shape index (κ3) is 3.39. The highest BCUT2D eigenvalue weighted by Gasteiger charge is 2.22. The lowest BCUT2D eigenvalue weighted by molar-refractivity contribution is 0.265. The highest BCUT2D eigenvalue weighted by Crippen LogP contribution is 2.27. The average molecular weight is 304 g/mol. The van der Waals surface area contributed by atoms with Crippen LogP contribution in [-0.4, -0.2) is 40.6 Å². The predicted octanol–water partition coefficient (Wildman–Crippen LogP) is 1.98. The van der Waals surface area contributed by atoms with E-state index in [-0.39, 0.29) is 17.1 Å². The number of hydrogen-bond acceptors (Lipinski definition) is 5. The van der Waals surface area contributed by atoms with E-state index in [0.717, 1.165) is 5.39 Å². The van der Waals surface area contributed by atoms with E-state index in [1.54, 1.807) is 24.3 Å². The lowest BCUT2D eigenvalue weighted by Crippen LogP contribution is -2.20. The van der Waals surface area contributed by atoms with E-state index < -0.39 is 10.1 Å². The number of benzene rings is 2. The normalized spacial score (nSPS) is 11.7. The number of likely N-dealkylation sites (N-methyl/N-ethyl adjacent to an activating group) is 1. The topological polar surface area (TPSA) is 70.4 Å². The van der Waals surface area contributed by atoms with Gasteiger partial charge in [0, 0.05) is 11.9 Å². The van der Waals surface area contributed by atoms with Crippen LogP contribution in [0.4, 0.5) is 0 Å². The maximum Gasteiger partial charge on any atom is 0.298 e. The molecule has 5 nitrogen and oxygen atoms in total. The molecule has 2 aromatic rings. The standard InChI is InChI=1S/C15H16N2O3S/c1-17(2)9-10-20-21(18,19)15-13(11-16)8-7-12-5-3-4-6-14(12)15/h3-8H,9-10H2,1-2H3. The van der Waals surface area contributed by atoms with Crippen molar-refractivity contribution in [1.82, 2.24) is 4.90 Å². The van der Waals surface area contributed by atoms with Crippen molar-refractivity contribution < 1.29 is 12.6 Å². The summed E-state index contributed by atoms with van der Waals surface area (Å²) < 4.78 is 29.9. The summed E-state index contributed by atoms with van der Waals surface area (Å²) in [6.45, 7) is 0.523. The van der Waals surface area contributed by atoms with E-state index in [2.05, 4.69) is 0 Å². The number of nitriles is 1. The minimum Gasteiger partial charge on any atom is -0.307 e. The van der Waals surface area contributed by atoms with E-state index in [9.17, 15) is 13.7 Å². The highest BCUT2D eigenvalue weighted by atomic mass is 32.2. The first-order valence-corrected chi connectivity index (χ1v) is 7.82. The van der Waals surface area contributed by atoms with Crippen molar-refractivity contribution in [2.45, 2.75) is 4.90 Å². The molecule has 6 heteroatoms. The van der Waals surface area contributed by atoms with Crippen LogP contribution >= 0.6 is 0 Å². The second kappa shape index (κ2) is 6.22. The van der Waals surface area contributed by atoms with Gasteiger partial charge in [0.15, 0.2) is 0 Å². The summed E-state index contributed by atoms with van der Waals surface area (Å²) in [4.78, 5) is 1.77. The third-order valence-corrected chi connectivity index (χ3v) is 4.44. The number of hydrogen-bond donors (Lipinski definition) is 0. The predicted molar refractivity (Wildman–Crippen MR) is 80.4 cm³/mol.